The molecule has 0 aliphatic carbocycles. The third-order valence-corrected chi connectivity index (χ3v) is 5.87. The summed E-state index contributed by atoms with van der Waals surface area (Å²) >= 11 is 1.39. The molecule has 3 aromatic rings. The summed E-state index contributed by atoms with van der Waals surface area (Å²) in [7, 11) is 10.2. The van der Waals surface area contributed by atoms with Gasteiger partial charge in [0.25, 0.3) is 5.91 Å². The van der Waals surface area contributed by atoms with E-state index in [-0.39, 0.29) is 18.3 Å². The zero-order valence-electron chi connectivity index (χ0n) is 19.0. The molecule has 2 aromatic carbocycles. The number of hydrogen-bond acceptors (Lipinski definition) is 8. The maximum atomic E-state index is 13.5. The fourth-order valence-corrected chi connectivity index (χ4v) is 4.20. The van der Waals surface area contributed by atoms with Crippen LogP contribution in [0.15, 0.2) is 30.3 Å². The molecule has 10 heteroatoms. The van der Waals surface area contributed by atoms with Crippen LogP contribution in [0.5, 0.6) is 23.0 Å². The smallest absolute Gasteiger partial charge is 0.260 e. The van der Waals surface area contributed by atoms with Gasteiger partial charge in [-0.25, -0.2) is 4.98 Å². The number of carbonyl (C=O) groups excluding carboxylic acids is 1. The molecule has 0 unspecified atom stereocenters. The van der Waals surface area contributed by atoms with Gasteiger partial charge in [0.1, 0.15) is 21.7 Å². The number of ether oxygens (including phenoxy) is 4. The van der Waals surface area contributed by atoms with Crippen molar-refractivity contribution in [2.45, 2.75) is 0 Å². The Morgan fingerprint density at radius 3 is 2.06 bits per heavy atom. The van der Waals surface area contributed by atoms with Gasteiger partial charge >= 0.3 is 0 Å². The number of fused-ring (bicyclic) bond motifs is 1. The van der Waals surface area contributed by atoms with Crippen molar-refractivity contribution in [1.29, 1.82) is 0 Å². The Labute approximate surface area is 198 Å². The van der Waals surface area contributed by atoms with E-state index in [4.69, 9.17) is 23.9 Å². The van der Waals surface area contributed by atoms with Crippen molar-refractivity contribution in [3.63, 3.8) is 0 Å². The van der Waals surface area contributed by atoms with E-state index >= 15 is 0 Å². The molecule has 0 N–H and O–H groups in total. The van der Waals surface area contributed by atoms with Gasteiger partial charge in [0, 0.05) is 18.7 Å². The van der Waals surface area contributed by atoms with Crippen LogP contribution in [0.4, 0.5) is 5.13 Å². The third kappa shape index (κ3) is 5.17. The number of aromatic nitrogens is 1. The molecule has 0 spiro atoms. The molecule has 0 aliphatic heterocycles. The lowest BCUT2D eigenvalue weighted by molar-refractivity contribution is 0.0985. The van der Waals surface area contributed by atoms with E-state index in [0.29, 0.717) is 52.3 Å². The number of anilines is 1. The van der Waals surface area contributed by atoms with Gasteiger partial charge < -0.3 is 23.8 Å². The second-order valence-electron chi connectivity index (χ2n) is 6.97. The maximum absolute atomic E-state index is 13.5. The van der Waals surface area contributed by atoms with Crippen LogP contribution in [0.1, 0.15) is 10.4 Å². The number of methoxy groups -OCH3 is 4. The molecule has 32 heavy (non-hydrogen) atoms. The Morgan fingerprint density at radius 1 is 0.875 bits per heavy atom. The van der Waals surface area contributed by atoms with E-state index in [0.717, 1.165) is 4.70 Å². The van der Waals surface area contributed by atoms with Gasteiger partial charge in [-0.05, 0) is 44.4 Å². The van der Waals surface area contributed by atoms with Crippen molar-refractivity contribution in [1.82, 2.24) is 9.88 Å². The first-order valence-electron chi connectivity index (χ1n) is 9.63. The molecule has 1 heterocycles. The molecule has 0 saturated carbocycles. The summed E-state index contributed by atoms with van der Waals surface area (Å²) in [5.74, 6) is 2.19. The highest BCUT2D eigenvalue weighted by Gasteiger charge is 2.24. The van der Waals surface area contributed by atoms with Crippen LogP contribution in [-0.4, -0.2) is 71.4 Å². The van der Waals surface area contributed by atoms with Crippen molar-refractivity contribution in [2.75, 3.05) is 60.5 Å². The number of nitrogens with zero attached hydrogens (tertiary/aromatic N) is 3. The molecule has 0 atom stereocenters. The molecule has 1 amide bonds. The molecule has 8 nitrogen and oxygen atoms in total. The highest BCUT2D eigenvalue weighted by Crippen LogP contribution is 2.40. The van der Waals surface area contributed by atoms with Gasteiger partial charge in [-0.1, -0.05) is 11.3 Å². The van der Waals surface area contributed by atoms with Crippen LogP contribution < -0.4 is 23.8 Å². The Morgan fingerprint density at radius 2 is 1.47 bits per heavy atom. The van der Waals surface area contributed by atoms with Crippen molar-refractivity contribution in [2.24, 2.45) is 0 Å². The van der Waals surface area contributed by atoms with Crippen LogP contribution in [0.2, 0.25) is 0 Å². The van der Waals surface area contributed by atoms with Gasteiger partial charge in [-0.3, -0.25) is 9.69 Å². The highest BCUT2D eigenvalue weighted by molar-refractivity contribution is 7.22. The summed E-state index contributed by atoms with van der Waals surface area (Å²) in [5.41, 5.74) is 1.14. The predicted octanol–water partition coefficient (Wildman–Crippen LogP) is 3.96. The van der Waals surface area contributed by atoms with Crippen LogP contribution >= 0.6 is 23.7 Å². The number of carbonyl (C=O) groups is 1. The van der Waals surface area contributed by atoms with Gasteiger partial charge in [0.15, 0.2) is 16.6 Å². The molecule has 174 valence electrons. The molecular weight excluding hydrogens is 454 g/mol. The third-order valence-electron chi connectivity index (χ3n) is 4.78. The first kappa shape index (κ1) is 25.5. The van der Waals surface area contributed by atoms with E-state index in [1.165, 1.54) is 11.3 Å². The van der Waals surface area contributed by atoms with Gasteiger partial charge in [0.2, 0.25) is 0 Å². The predicted molar refractivity (Wildman–Crippen MR) is 130 cm³/mol. The zero-order valence-corrected chi connectivity index (χ0v) is 20.6. The van der Waals surface area contributed by atoms with E-state index in [9.17, 15) is 4.79 Å². The molecular formula is C22H28ClN3O5S. The fraction of sp³-hybridized carbons (Fsp3) is 0.364. The Hall–Kier alpha value is -2.75. The summed E-state index contributed by atoms with van der Waals surface area (Å²) in [6.07, 6.45) is 0. The summed E-state index contributed by atoms with van der Waals surface area (Å²) in [6, 6.07) is 8.77. The highest BCUT2D eigenvalue weighted by atomic mass is 35.5. The zero-order chi connectivity index (χ0) is 22.5. The summed E-state index contributed by atoms with van der Waals surface area (Å²) in [4.78, 5) is 22.0. The van der Waals surface area contributed by atoms with Crippen molar-refractivity contribution >= 4 is 45.0 Å². The number of thiazole rings is 1. The Bertz CT molecular complexity index is 1030. The molecule has 0 radical (unpaired) electrons. The van der Waals surface area contributed by atoms with Crippen LogP contribution in [0.25, 0.3) is 10.2 Å². The van der Waals surface area contributed by atoms with E-state index in [1.807, 2.05) is 31.1 Å². The fourth-order valence-electron chi connectivity index (χ4n) is 3.10. The number of amides is 1. The summed E-state index contributed by atoms with van der Waals surface area (Å²) in [5, 5.41) is 0.569. The van der Waals surface area contributed by atoms with Crippen LogP contribution in [0, 0.1) is 0 Å². The van der Waals surface area contributed by atoms with Gasteiger partial charge in [0.05, 0.1) is 28.4 Å². The first-order valence-corrected chi connectivity index (χ1v) is 10.4. The normalized spacial score (nSPS) is 10.6. The van der Waals surface area contributed by atoms with Crippen molar-refractivity contribution < 1.29 is 23.7 Å². The standard InChI is InChI=1S/C22H27N3O5S.ClH/c1-24(2)11-12-25(21(26)14-7-8-15(27-3)18(13-14)30-6)22-23-19-16(28-4)9-10-17(29-5)20(19)31-22;/h7-10,13H,11-12H2,1-6H3;1H. The average Bonchev–Trinajstić information content (AvgIpc) is 3.22. The number of halogens is 1. The minimum atomic E-state index is -0.181. The molecule has 0 bridgehead atoms. The number of likely N-dealkylation sites (N-methyl/N-ethyl adjacent to an activating group) is 1. The van der Waals surface area contributed by atoms with Crippen LogP contribution in [0.3, 0.4) is 0 Å². The summed E-state index contributed by atoms with van der Waals surface area (Å²) in [6.45, 7) is 1.13. The van der Waals surface area contributed by atoms with Gasteiger partial charge in [-0.15, -0.1) is 12.4 Å². The topological polar surface area (TPSA) is 73.4 Å². The molecule has 0 saturated heterocycles. The number of rotatable bonds is 9. The SMILES string of the molecule is COc1ccc(C(=O)N(CCN(C)C)c2nc3c(OC)ccc(OC)c3s2)cc1OC.Cl. The summed E-state index contributed by atoms with van der Waals surface area (Å²) < 4.78 is 22.4. The van der Waals surface area contributed by atoms with Crippen LogP contribution in [-0.2, 0) is 0 Å². The minimum Gasteiger partial charge on any atom is -0.495 e. The second kappa shape index (κ2) is 11.2. The largest absolute Gasteiger partial charge is 0.495 e. The number of hydrogen-bond donors (Lipinski definition) is 0. The second-order valence-corrected chi connectivity index (χ2v) is 7.95. The van der Waals surface area contributed by atoms with Crippen molar-refractivity contribution in [3.8, 4) is 23.0 Å². The number of benzene rings is 2. The first-order chi connectivity index (χ1) is 14.9. The Balaban J connectivity index is 0.00000363. The molecule has 3 rings (SSSR count). The Kier molecular flexibility index (Phi) is 8.94. The molecule has 0 fully saturated rings. The quantitative estimate of drug-likeness (QED) is 0.458. The lowest BCUT2D eigenvalue weighted by atomic mass is 10.1. The van der Waals surface area contributed by atoms with Crippen molar-refractivity contribution in [3.05, 3.63) is 35.9 Å². The molecule has 1 aromatic heterocycles. The van der Waals surface area contributed by atoms with E-state index in [2.05, 4.69) is 0 Å². The van der Waals surface area contributed by atoms with E-state index < -0.39 is 0 Å². The molecule has 0 aliphatic rings. The lowest BCUT2D eigenvalue weighted by Crippen LogP contribution is -2.36. The lowest BCUT2D eigenvalue weighted by Gasteiger charge is -2.22. The maximum Gasteiger partial charge on any atom is 0.260 e. The van der Waals surface area contributed by atoms with Gasteiger partial charge in [-0.2, -0.15) is 0 Å². The average molecular weight is 482 g/mol. The minimum absolute atomic E-state index is 0. The monoisotopic (exact) mass is 481 g/mol. The van der Waals surface area contributed by atoms with E-state index in [1.54, 1.807) is 51.5 Å².